The van der Waals surface area contributed by atoms with Crippen LogP contribution in [0.4, 0.5) is 17.5 Å². The van der Waals surface area contributed by atoms with Crippen molar-refractivity contribution in [3.05, 3.63) is 30.5 Å². The summed E-state index contributed by atoms with van der Waals surface area (Å²) < 4.78 is 24.5. The van der Waals surface area contributed by atoms with Crippen molar-refractivity contribution >= 4 is 27.3 Å². The van der Waals surface area contributed by atoms with E-state index in [4.69, 9.17) is 17.2 Å². The largest absolute Gasteiger partial charge is 0.399 e. The van der Waals surface area contributed by atoms with Crippen LogP contribution in [0.5, 0.6) is 0 Å². The molecule has 0 bridgehead atoms. The molecule has 0 unspecified atom stereocenters. The zero-order chi connectivity index (χ0) is 13.3. The minimum absolute atomic E-state index is 0.0665. The van der Waals surface area contributed by atoms with Crippen LogP contribution >= 0.6 is 0 Å². The van der Waals surface area contributed by atoms with Gasteiger partial charge in [0.15, 0.2) is 0 Å². The summed E-state index contributed by atoms with van der Waals surface area (Å²) in [6, 6.07) is 5.75. The molecule has 7 nitrogen and oxygen atoms in total. The van der Waals surface area contributed by atoms with Gasteiger partial charge < -0.3 is 17.2 Å². The highest BCUT2D eigenvalue weighted by atomic mass is 32.2. The molecule has 94 valence electrons. The number of benzene rings is 1. The van der Waals surface area contributed by atoms with E-state index in [-0.39, 0.29) is 21.6 Å². The molecule has 0 aliphatic rings. The van der Waals surface area contributed by atoms with Gasteiger partial charge in [0.1, 0.15) is 10.7 Å². The van der Waals surface area contributed by atoms with E-state index in [1.165, 1.54) is 24.3 Å². The topological polar surface area (TPSA) is 138 Å². The van der Waals surface area contributed by atoms with Gasteiger partial charge >= 0.3 is 0 Å². The third kappa shape index (κ3) is 2.05. The van der Waals surface area contributed by atoms with E-state index in [1.54, 1.807) is 0 Å². The summed E-state index contributed by atoms with van der Waals surface area (Å²) in [6.07, 6.45) is 1.09. The molecule has 2 rings (SSSR count). The molecule has 1 aromatic heterocycles. The van der Waals surface area contributed by atoms with Gasteiger partial charge in [0.2, 0.25) is 15.8 Å². The lowest BCUT2D eigenvalue weighted by Crippen LogP contribution is -2.09. The molecule has 0 atom stereocenters. The second-order valence-electron chi connectivity index (χ2n) is 3.55. The summed E-state index contributed by atoms with van der Waals surface area (Å²) in [5.74, 6) is -0.261. The highest BCUT2D eigenvalue weighted by Gasteiger charge is 2.21. The van der Waals surface area contributed by atoms with E-state index in [9.17, 15) is 8.42 Å². The fourth-order valence-electron chi connectivity index (χ4n) is 1.38. The Labute approximate surface area is 104 Å². The van der Waals surface area contributed by atoms with Crippen molar-refractivity contribution in [3.8, 4) is 0 Å². The van der Waals surface area contributed by atoms with E-state index < -0.39 is 9.84 Å². The second kappa shape index (κ2) is 4.15. The Morgan fingerprint density at radius 3 is 2.17 bits per heavy atom. The van der Waals surface area contributed by atoms with Crippen LogP contribution in [-0.4, -0.2) is 18.4 Å². The standard InChI is InChI=1S/C10H11N5O2S/c11-6-1-3-7(4-2-6)18(16,17)8-5-14-10(13)15-9(8)12/h1-5H,11H2,(H4,12,13,14,15). The van der Waals surface area contributed by atoms with Crippen LogP contribution in [0, 0.1) is 0 Å². The number of hydrogen-bond donors (Lipinski definition) is 3. The number of nitrogen functional groups attached to an aromatic ring is 3. The number of aromatic nitrogens is 2. The van der Waals surface area contributed by atoms with Gasteiger partial charge in [-0.3, -0.25) is 0 Å². The van der Waals surface area contributed by atoms with E-state index in [1.807, 2.05) is 0 Å². The Kier molecular flexibility index (Phi) is 2.79. The molecule has 0 radical (unpaired) electrons. The minimum atomic E-state index is -3.76. The van der Waals surface area contributed by atoms with Crippen molar-refractivity contribution in [2.75, 3.05) is 17.2 Å². The Morgan fingerprint density at radius 2 is 1.61 bits per heavy atom. The monoisotopic (exact) mass is 265 g/mol. The van der Waals surface area contributed by atoms with Gasteiger partial charge in [-0.15, -0.1) is 0 Å². The van der Waals surface area contributed by atoms with Gasteiger partial charge in [0.25, 0.3) is 0 Å². The summed E-state index contributed by atoms with van der Waals surface area (Å²) in [7, 11) is -3.76. The molecule has 6 N–H and O–H groups in total. The molecule has 0 amide bonds. The van der Waals surface area contributed by atoms with E-state index >= 15 is 0 Å². The number of nitrogens with zero attached hydrogens (tertiary/aromatic N) is 2. The van der Waals surface area contributed by atoms with Crippen LogP contribution in [0.25, 0.3) is 0 Å². The third-order valence-electron chi connectivity index (χ3n) is 2.28. The maximum Gasteiger partial charge on any atom is 0.221 e. The third-order valence-corrected chi connectivity index (χ3v) is 4.07. The number of anilines is 3. The minimum Gasteiger partial charge on any atom is -0.399 e. The smallest absolute Gasteiger partial charge is 0.221 e. The summed E-state index contributed by atoms with van der Waals surface area (Å²) >= 11 is 0. The lowest BCUT2D eigenvalue weighted by molar-refractivity contribution is 0.596. The lowest BCUT2D eigenvalue weighted by atomic mass is 10.3. The van der Waals surface area contributed by atoms with Gasteiger partial charge in [-0.25, -0.2) is 13.4 Å². The van der Waals surface area contributed by atoms with Crippen molar-refractivity contribution in [2.24, 2.45) is 0 Å². The first-order valence-electron chi connectivity index (χ1n) is 4.90. The van der Waals surface area contributed by atoms with Crippen LogP contribution in [-0.2, 0) is 9.84 Å². The zero-order valence-corrected chi connectivity index (χ0v) is 10.1. The Morgan fingerprint density at radius 1 is 1.00 bits per heavy atom. The van der Waals surface area contributed by atoms with Crippen LogP contribution in [0.2, 0.25) is 0 Å². The highest BCUT2D eigenvalue weighted by Crippen LogP contribution is 2.24. The summed E-state index contributed by atoms with van der Waals surface area (Å²) in [4.78, 5) is 7.14. The van der Waals surface area contributed by atoms with Crippen LogP contribution < -0.4 is 17.2 Å². The van der Waals surface area contributed by atoms with Crippen molar-refractivity contribution in [1.82, 2.24) is 9.97 Å². The number of rotatable bonds is 2. The Bertz CT molecular complexity index is 682. The predicted octanol–water partition coefficient (Wildman–Crippen LogP) is 0.0560. The van der Waals surface area contributed by atoms with Gasteiger partial charge in [-0.2, -0.15) is 4.98 Å². The lowest BCUT2D eigenvalue weighted by Gasteiger charge is -2.06. The molecular formula is C10H11N5O2S. The first kappa shape index (κ1) is 12.1. The first-order valence-corrected chi connectivity index (χ1v) is 6.38. The van der Waals surface area contributed by atoms with E-state index in [2.05, 4.69) is 9.97 Å². The fourth-order valence-corrected chi connectivity index (χ4v) is 2.64. The zero-order valence-electron chi connectivity index (χ0n) is 9.24. The number of nitrogens with two attached hydrogens (primary N) is 3. The van der Waals surface area contributed by atoms with E-state index in [0.29, 0.717) is 5.69 Å². The molecule has 0 aliphatic carbocycles. The van der Waals surface area contributed by atoms with E-state index in [0.717, 1.165) is 6.20 Å². The van der Waals surface area contributed by atoms with Crippen LogP contribution in [0.3, 0.4) is 0 Å². The molecule has 0 saturated carbocycles. The van der Waals surface area contributed by atoms with Crippen LogP contribution in [0.15, 0.2) is 40.3 Å². The molecule has 1 aromatic carbocycles. The normalized spacial score (nSPS) is 11.3. The quantitative estimate of drug-likeness (QED) is 0.652. The summed E-state index contributed by atoms with van der Waals surface area (Å²) in [5.41, 5.74) is 16.8. The average molecular weight is 265 g/mol. The number of hydrogen-bond acceptors (Lipinski definition) is 7. The van der Waals surface area contributed by atoms with Gasteiger partial charge in [-0.1, -0.05) is 0 Å². The highest BCUT2D eigenvalue weighted by molar-refractivity contribution is 7.91. The van der Waals surface area contributed by atoms with Crippen molar-refractivity contribution < 1.29 is 8.42 Å². The molecule has 0 fully saturated rings. The Hall–Kier alpha value is -2.35. The molecule has 8 heteroatoms. The van der Waals surface area contributed by atoms with Crippen molar-refractivity contribution in [3.63, 3.8) is 0 Å². The van der Waals surface area contributed by atoms with Crippen LogP contribution in [0.1, 0.15) is 0 Å². The second-order valence-corrected chi connectivity index (χ2v) is 5.47. The van der Waals surface area contributed by atoms with Crippen molar-refractivity contribution in [1.29, 1.82) is 0 Å². The molecule has 0 spiro atoms. The average Bonchev–Trinajstić information content (AvgIpc) is 2.29. The van der Waals surface area contributed by atoms with Gasteiger partial charge in [-0.05, 0) is 24.3 Å². The fraction of sp³-hybridized carbons (Fsp3) is 0. The van der Waals surface area contributed by atoms with Gasteiger partial charge in [0.05, 0.1) is 11.1 Å². The molecule has 2 aromatic rings. The SMILES string of the molecule is Nc1ccc(S(=O)(=O)c2cnc(N)nc2N)cc1. The number of sulfone groups is 1. The molecule has 0 saturated heterocycles. The molecule has 18 heavy (non-hydrogen) atoms. The summed E-state index contributed by atoms with van der Waals surface area (Å²) in [6.45, 7) is 0. The predicted molar refractivity (Wildman–Crippen MR) is 67.2 cm³/mol. The Balaban J connectivity index is 2.58. The van der Waals surface area contributed by atoms with Crippen molar-refractivity contribution in [2.45, 2.75) is 9.79 Å². The molecule has 1 heterocycles. The molecular weight excluding hydrogens is 254 g/mol. The summed E-state index contributed by atoms with van der Waals surface area (Å²) in [5, 5.41) is 0. The molecule has 0 aliphatic heterocycles. The first-order chi connectivity index (χ1) is 8.41. The van der Waals surface area contributed by atoms with Gasteiger partial charge in [0, 0.05) is 5.69 Å². The maximum absolute atomic E-state index is 12.2. The maximum atomic E-state index is 12.2.